The van der Waals surface area contributed by atoms with Crippen LogP contribution in [0.4, 0.5) is 0 Å². The second-order valence-corrected chi connectivity index (χ2v) is 6.56. The molecule has 122 valence electrons. The minimum absolute atomic E-state index is 0.119. The van der Waals surface area contributed by atoms with Crippen molar-refractivity contribution in [3.8, 4) is 0 Å². The van der Waals surface area contributed by atoms with Gasteiger partial charge < -0.3 is 14.8 Å². The highest BCUT2D eigenvalue weighted by atomic mass is 32.2. The van der Waals surface area contributed by atoms with E-state index in [4.69, 9.17) is 17.3 Å². The summed E-state index contributed by atoms with van der Waals surface area (Å²) >= 11 is 6.12. The van der Waals surface area contributed by atoms with Crippen LogP contribution >= 0.6 is 24.0 Å². The number of carboxylic acids is 2. The standard InChI is InChI=1S/C14H14N2O5S2/c1-15-6-2-3-8(15)7-10-12(19)16(14(22)23-10)9(13(20)21)4-5-11(17)18/h2-3,6-7,9H,4-5H2,1H3,(H,17,18)(H,20,21)/b10-7-/t9-/m1/s1. The van der Waals surface area contributed by atoms with Gasteiger partial charge in [0.15, 0.2) is 0 Å². The molecule has 1 atom stereocenters. The largest absolute Gasteiger partial charge is 0.481 e. The number of thioether (sulfide) groups is 1. The second-order valence-electron chi connectivity index (χ2n) is 4.88. The van der Waals surface area contributed by atoms with Crippen LogP contribution in [-0.4, -0.2) is 47.9 Å². The minimum Gasteiger partial charge on any atom is -0.481 e. The SMILES string of the molecule is Cn1cccc1/C=C1\SC(=S)N([C@H](CCC(=O)O)C(=O)O)C1=O. The van der Waals surface area contributed by atoms with Crippen molar-refractivity contribution in [2.24, 2.45) is 7.05 Å². The Bertz CT molecular complexity index is 710. The summed E-state index contributed by atoms with van der Waals surface area (Å²) in [6, 6.07) is 2.35. The van der Waals surface area contributed by atoms with Crippen molar-refractivity contribution < 1.29 is 24.6 Å². The third kappa shape index (κ3) is 3.80. The molecule has 7 nitrogen and oxygen atoms in total. The predicted octanol–water partition coefficient (Wildman–Crippen LogP) is 1.54. The molecule has 0 radical (unpaired) electrons. The Morgan fingerprint density at radius 1 is 1.43 bits per heavy atom. The molecule has 0 aliphatic carbocycles. The number of aryl methyl sites for hydroxylation is 1. The van der Waals surface area contributed by atoms with Gasteiger partial charge in [-0.05, 0) is 24.6 Å². The van der Waals surface area contributed by atoms with Crippen LogP contribution in [0.5, 0.6) is 0 Å². The Hall–Kier alpha value is -2.13. The molecule has 23 heavy (non-hydrogen) atoms. The van der Waals surface area contributed by atoms with E-state index in [2.05, 4.69) is 0 Å². The number of nitrogens with zero attached hydrogens (tertiary/aromatic N) is 2. The average molecular weight is 354 g/mol. The summed E-state index contributed by atoms with van der Waals surface area (Å²) in [6.45, 7) is 0. The molecule has 0 bridgehead atoms. The first-order chi connectivity index (χ1) is 10.8. The number of hydrogen-bond donors (Lipinski definition) is 2. The maximum Gasteiger partial charge on any atom is 0.326 e. The van der Waals surface area contributed by atoms with E-state index in [9.17, 15) is 19.5 Å². The maximum atomic E-state index is 12.5. The van der Waals surface area contributed by atoms with Gasteiger partial charge in [-0.3, -0.25) is 14.5 Å². The number of amides is 1. The molecule has 1 aromatic heterocycles. The zero-order chi connectivity index (χ0) is 17.1. The molecular formula is C14H14N2O5S2. The van der Waals surface area contributed by atoms with E-state index < -0.39 is 23.9 Å². The Kier molecular flexibility index (Phi) is 5.22. The predicted molar refractivity (Wildman–Crippen MR) is 88.7 cm³/mol. The van der Waals surface area contributed by atoms with Crippen molar-refractivity contribution in [1.82, 2.24) is 9.47 Å². The molecule has 1 aliphatic heterocycles. The van der Waals surface area contributed by atoms with Crippen molar-refractivity contribution in [3.63, 3.8) is 0 Å². The number of carbonyl (C=O) groups is 3. The van der Waals surface area contributed by atoms with Crippen molar-refractivity contribution in [2.75, 3.05) is 0 Å². The lowest BCUT2D eigenvalue weighted by Crippen LogP contribution is -2.44. The second kappa shape index (κ2) is 6.97. The quantitative estimate of drug-likeness (QED) is 0.590. The molecule has 1 aliphatic rings. The third-order valence-electron chi connectivity index (χ3n) is 3.31. The number of aliphatic carboxylic acids is 2. The number of thiocarbonyl (C=S) groups is 1. The lowest BCUT2D eigenvalue weighted by atomic mass is 10.1. The Morgan fingerprint density at radius 2 is 2.13 bits per heavy atom. The van der Waals surface area contributed by atoms with Crippen LogP contribution in [0.25, 0.3) is 6.08 Å². The molecule has 1 fully saturated rings. The minimum atomic E-state index is -1.28. The van der Waals surface area contributed by atoms with Gasteiger partial charge in [0.25, 0.3) is 5.91 Å². The first-order valence-electron chi connectivity index (χ1n) is 6.64. The maximum absolute atomic E-state index is 12.5. The van der Waals surface area contributed by atoms with E-state index in [1.807, 2.05) is 29.9 Å². The fourth-order valence-corrected chi connectivity index (χ4v) is 3.47. The van der Waals surface area contributed by atoms with E-state index in [-0.39, 0.29) is 17.2 Å². The number of carboxylic acid groups (broad SMARTS) is 2. The van der Waals surface area contributed by atoms with Crippen LogP contribution in [0.1, 0.15) is 18.5 Å². The number of carbonyl (C=O) groups excluding carboxylic acids is 1. The summed E-state index contributed by atoms with van der Waals surface area (Å²) in [5.74, 6) is -2.91. The lowest BCUT2D eigenvalue weighted by molar-refractivity contribution is -0.146. The molecule has 1 aromatic rings. The summed E-state index contributed by atoms with van der Waals surface area (Å²) in [5, 5.41) is 18.0. The first-order valence-corrected chi connectivity index (χ1v) is 7.86. The average Bonchev–Trinajstić information content (AvgIpc) is 2.97. The molecule has 2 rings (SSSR count). The molecule has 1 saturated heterocycles. The molecule has 2 N–H and O–H groups in total. The normalized spacial score (nSPS) is 17.8. The van der Waals surface area contributed by atoms with Crippen LogP contribution in [0.15, 0.2) is 23.2 Å². The molecule has 9 heteroatoms. The summed E-state index contributed by atoms with van der Waals surface area (Å²) in [6.07, 6.45) is 2.90. The topological polar surface area (TPSA) is 99.8 Å². The van der Waals surface area contributed by atoms with Crippen LogP contribution < -0.4 is 0 Å². The summed E-state index contributed by atoms with van der Waals surface area (Å²) < 4.78 is 1.93. The Balaban J connectivity index is 2.26. The van der Waals surface area contributed by atoms with Crippen molar-refractivity contribution in [3.05, 3.63) is 28.9 Å². The number of hydrogen-bond acceptors (Lipinski definition) is 5. The van der Waals surface area contributed by atoms with Gasteiger partial charge in [0.2, 0.25) is 0 Å². The molecule has 0 saturated carbocycles. The van der Waals surface area contributed by atoms with Gasteiger partial charge in [0, 0.05) is 25.4 Å². The van der Waals surface area contributed by atoms with Gasteiger partial charge in [-0.1, -0.05) is 24.0 Å². The fourth-order valence-electron chi connectivity index (χ4n) is 2.13. The molecule has 2 heterocycles. The smallest absolute Gasteiger partial charge is 0.326 e. The molecule has 0 spiro atoms. The highest BCUT2D eigenvalue weighted by Crippen LogP contribution is 2.34. The van der Waals surface area contributed by atoms with Gasteiger partial charge in [-0.25, -0.2) is 4.79 Å². The molecular weight excluding hydrogens is 340 g/mol. The van der Waals surface area contributed by atoms with Gasteiger partial charge in [-0.15, -0.1) is 0 Å². The van der Waals surface area contributed by atoms with Gasteiger partial charge >= 0.3 is 11.9 Å². The number of rotatable bonds is 6. The summed E-state index contributed by atoms with van der Waals surface area (Å²) in [5.41, 5.74) is 0.780. The summed E-state index contributed by atoms with van der Waals surface area (Å²) in [4.78, 5) is 35.8. The monoisotopic (exact) mass is 354 g/mol. The van der Waals surface area contributed by atoms with Crippen LogP contribution in [0.3, 0.4) is 0 Å². The van der Waals surface area contributed by atoms with E-state index in [1.54, 1.807) is 6.08 Å². The molecule has 1 amide bonds. The highest BCUT2D eigenvalue weighted by Gasteiger charge is 2.40. The van der Waals surface area contributed by atoms with Crippen LogP contribution in [-0.2, 0) is 21.4 Å². The first kappa shape index (κ1) is 17.2. The van der Waals surface area contributed by atoms with Gasteiger partial charge in [0.1, 0.15) is 10.4 Å². The van der Waals surface area contributed by atoms with E-state index in [0.29, 0.717) is 4.91 Å². The van der Waals surface area contributed by atoms with Crippen molar-refractivity contribution in [2.45, 2.75) is 18.9 Å². The zero-order valence-corrected chi connectivity index (χ0v) is 13.8. The van der Waals surface area contributed by atoms with Crippen LogP contribution in [0, 0.1) is 0 Å². The van der Waals surface area contributed by atoms with Gasteiger partial charge in [-0.2, -0.15) is 0 Å². The highest BCUT2D eigenvalue weighted by molar-refractivity contribution is 8.26. The van der Waals surface area contributed by atoms with Crippen LogP contribution in [0.2, 0.25) is 0 Å². The fraction of sp³-hybridized carbons (Fsp3) is 0.286. The van der Waals surface area contributed by atoms with E-state index >= 15 is 0 Å². The Morgan fingerprint density at radius 3 is 2.65 bits per heavy atom. The zero-order valence-electron chi connectivity index (χ0n) is 12.1. The third-order valence-corrected chi connectivity index (χ3v) is 4.65. The van der Waals surface area contributed by atoms with Gasteiger partial charge in [0.05, 0.1) is 4.91 Å². The number of aromatic nitrogens is 1. The molecule has 0 aromatic carbocycles. The molecule has 0 unspecified atom stereocenters. The Labute approximate surface area is 141 Å². The van der Waals surface area contributed by atoms with E-state index in [0.717, 1.165) is 22.4 Å². The van der Waals surface area contributed by atoms with Crippen molar-refractivity contribution in [1.29, 1.82) is 0 Å². The summed E-state index contributed by atoms with van der Waals surface area (Å²) in [7, 11) is 1.82. The van der Waals surface area contributed by atoms with E-state index in [1.165, 1.54) is 0 Å². The van der Waals surface area contributed by atoms with Crippen molar-refractivity contribution >= 4 is 52.2 Å². The lowest BCUT2D eigenvalue weighted by Gasteiger charge is -2.22.